The molecule has 0 radical (unpaired) electrons. The van der Waals surface area contributed by atoms with E-state index in [0.717, 1.165) is 25.1 Å². The molecule has 0 bridgehead atoms. The lowest BCUT2D eigenvalue weighted by molar-refractivity contribution is 0.690. The number of hydrogen-bond donors (Lipinski definition) is 1. The number of allylic oxidation sites excluding steroid dienone is 1. The number of hydrogen-bond acceptors (Lipinski definition) is 1. The van der Waals surface area contributed by atoms with Crippen LogP contribution >= 0.6 is 0 Å². The summed E-state index contributed by atoms with van der Waals surface area (Å²) in [4.78, 5) is 0. The van der Waals surface area contributed by atoms with Gasteiger partial charge < -0.3 is 5.32 Å². The molecule has 1 nitrogen and oxygen atoms in total. The van der Waals surface area contributed by atoms with Crippen LogP contribution in [-0.4, -0.2) is 13.1 Å². The van der Waals surface area contributed by atoms with Crippen LogP contribution in [0, 0.1) is 0 Å². The second kappa shape index (κ2) is 6.44. The van der Waals surface area contributed by atoms with Gasteiger partial charge in [-0.2, -0.15) is 0 Å². The van der Waals surface area contributed by atoms with Gasteiger partial charge in [-0.1, -0.05) is 24.8 Å². The van der Waals surface area contributed by atoms with Crippen molar-refractivity contribution in [1.29, 1.82) is 0 Å². The zero-order valence-corrected chi connectivity index (χ0v) is 8.53. The molecule has 72 valence electrons. The van der Waals surface area contributed by atoms with E-state index in [1.54, 1.807) is 0 Å². The first kappa shape index (κ1) is 11.9. The molecule has 0 aromatic rings. The van der Waals surface area contributed by atoms with Gasteiger partial charge in [-0.05, 0) is 31.0 Å². The molecule has 0 aromatic carbocycles. The molecule has 0 fully saturated rings. The highest BCUT2D eigenvalue weighted by molar-refractivity contribution is 5.39. The van der Waals surface area contributed by atoms with Crippen LogP contribution in [0.3, 0.4) is 0 Å². The highest BCUT2D eigenvalue weighted by atomic mass is 14.9. The molecule has 0 amide bonds. The Morgan fingerprint density at radius 1 is 1.46 bits per heavy atom. The molecule has 0 saturated heterocycles. The van der Waals surface area contributed by atoms with Gasteiger partial charge in [-0.15, -0.1) is 13.2 Å². The van der Waals surface area contributed by atoms with Crippen LogP contribution in [0.4, 0.5) is 0 Å². The molecular formula is C12H19N. The van der Waals surface area contributed by atoms with Crippen molar-refractivity contribution < 1.29 is 0 Å². The SMILES string of the molecule is C=C.C=CC1=C(C(=C)C)CNCC1. The van der Waals surface area contributed by atoms with Gasteiger partial charge in [0, 0.05) is 6.54 Å². The third-order valence-electron chi connectivity index (χ3n) is 2.02. The van der Waals surface area contributed by atoms with E-state index in [1.807, 2.05) is 13.0 Å². The summed E-state index contributed by atoms with van der Waals surface area (Å²) in [6, 6.07) is 0. The van der Waals surface area contributed by atoms with Crippen molar-refractivity contribution in [3.05, 3.63) is 49.1 Å². The van der Waals surface area contributed by atoms with Crippen molar-refractivity contribution in [3.63, 3.8) is 0 Å². The molecule has 0 aromatic heterocycles. The van der Waals surface area contributed by atoms with E-state index in [1.165, 1.54) is 11.1 Å². The van der Waals surface area contributed by atoms with Crippen LogP contribution in [-0.2, 0) is 0 Å². The Labute approximate surface area is 81.5 Å². The summed E-state index contributed by atoms with van der Waals surface area (Å²) in [6.07, 6.45) is 3.04. The number of nitrogens with one attached hydrogen (secondary N) is 1. The molecule has 1 aliphatic rings. The molecule has 0 unspecified atom stereocenters. The van der Waals surface area contributed by atoms with Gasteiger partial charge in [0.1, 0.15) is 0 Å². The molecule has 0 spiro atoms. The Hall–Kier alpha value is -1.08. The summed E-state index contributed by atoms with van der Waals surface area (Å²) in [7, 11) is 0. The molecule has 1 aliphatic heterocycles. The normalized spacial score (nSPS) is 15.8. The average molecular weight is 177 g/mol. The highest BCUT2D eigenvalue weighted by Crippen LogP contribution is 2.18. The van der Waals surface area contributed by atoms with Crippen molar-refractivity contribution in [2.75, 3.05) is 13.1 Å². The average Bonchev–Trinajstić information content (AvgIpc) is 2.20. The maximum Gasteiger partial charge on any atom is 0.0210 e. The molecule has 1 heterocycles. The third-order valence-corrected chi connectivity index (χ3v) is 2.02. The van der Waals surface area contributed by atoms with Crippen LogP contribution in [0.5, 0.6) is 0 Å². The van der Waals surface area contributed by atoms with Crippen LogP contribution < -0.4 is 5.32 Å². The Morgan fingerprint density at radius 2 is 2.08 bits per heavy atom. The number of rotatable bonds is 2. The van der Waals surface area contributed by atoms with Crippen molar-refractivity contribution >= 4 is 0 Å². The summed E-state index contributed by atoms with van der Waals surface area (Å²) >= 11 is 0. The highest BCUT2D eigenvalue weighted by Gasteiger charge is 2.09. The fourth-order valence-electron chi connectivity index (χ4n) is 1.35. The fourth-order valence-corrected chi connectivity index (χ4v) is 1.35. The summed E-state index contributed by atoms with van der Waals surface area (Å²) in [5.41, 5.74) is 3.86. The molecule has 0 saturated carbocycles. The lowest BCUT2D eigenvalue weighted by Gasteiger charge is -2.19. The molecule has 0 atom stereocenters. The standard InChI is InChI=1S/C10H15N.C2H4/c1-4-9-5-6-11-7-10(9)8(2)3;1-2/h4,11H,1-2,5-7H2,3H3;1-2H2. The summed E-state index contributed by atoms with van der Waals surface area (Å²) in [5, 5.41) is 3.31. The lowest BCUT2D eigenvalue weighted by atomic mass is 9.97. The zero-order valence-electron chi connectivity index (χ0n) is 8.53. The Balaban J connectivity index is 0.000000671. The third kappa shape index (κ3) is 3.43. The molecule has 13 heavy (non-hydrogen) atoms. The first-order valence-corrected chi connectivity index (χ1v) is 4.46. The molecule has 1 N–H and O–H groups in total. The second-order valence-corrected chi connectivity index (χ2v) is 2.92. The summed E-state index contributed by atoms with van der Waals surface area (Å²) < 4.78 is 0. The lowest BCUT2D eigenvalue weighted by Crippen LogP contribution is -2.24. The first-order chi connectivity index (χ1) is 6.25. The van der Waals surface area contributed by atoms with Crippen molar-refractivity contribution in [1.82, 2.24) is 5.32 Å². The van der Waals surface area contributed by atoms with Crippen LogP contribution in [0.2, 0.25) is 0 Å². The van der Waals surface area contributed by atoms with E-state index < -0.39 is 0 Å². The predicted molar refractivity (Wildman–Crippen MR) is 60.8 cm³/mol. The van der Waals surface area contributed by atoms with Crippen molar-refractivity contribution in [2.24, 2.45) is 0 Å². The summed E-state index contributed by atoms with van der Waals surface area (Å²) in [6.45, 7) is 17.8. The Kier molecular flexibility index (Phi) is 5.90. The van der Waals surface area contributed by atoms with Crippen molar-refractivity contribution in [3.8, 4) is 0 Å². The minimum absolute atomic E-state index is 0.955. The van der Waals surface area contributed by atoms with Gasteiger partial charge >= 0.3 is 0 Å². The topological polar surface area (TPSA) is 12.0 Å². The van der Waals surface area contributed by atoms with E-state index in [4.69, 9.17) is 0 Å². The van der Waals surface area contributed by atoms with E-state index in [0.29, 0.717) is 0 Å². The van der Waals surface area contributed by atoms with Crippen LogP contribution in [0.25, 0.3) is 0 Å². The first-order valence-electron chi connectivity index (χ1n) is 4.46. The zero-order chi connectivity index (χ0) is 10.3. The second-order valence-electron chi connectivity index (χ2n) is 2.92. The Bertz CT molecular complexity index is 223. The van der Waals surface area contributed by atoms with Gasteiger partial charge in [0.15, 0.2) is 0 Å². The van der Waals surface area contributed by atoms with Gasteiger partial charge in [0.2, 0.25) is 0 Å². The Morgan fingerprint density at radius 3 is 2.46 bits per heavy atom. The van der Waals surface area contributed by atoms with Crippen LogP contribution in [0.15, 0.2) is 49.1 Å². The van der Waals surface area contributed by atoms with Crippen molar-refractivity contribution in [2.45, 2.75) is 13.3 Å². The minimum atomic E-state index is 0.955. The smallest absolute Gasteiger partial charge is 0.0210 e. The van der Waals surface area contributed by atoms with E-state index in [9.17, 15) is 0 Å². The largest absolute Gasteiger partial charge is 0.312 e. The predicted octanol–water partition coefficient (Wildman–Crippen LogP) is 2.84. The fraction of sp³-hybridized carbons (Fsp3) is 0.333. The molecule has 0 aliphatic carbocycles. The monoisotopic (exact) mass is 177 g/mol. The maximum absolute atomic E-state index is 3.93. The molecule has 1 rings (SSSR count). The van der Waals surface area contributed by atoms with E-state index >= 15 is 0 Å². The maximum atomic E-state index is 3.93. The minimum Gasteiger partial charge on any atom is -0.312 e. The molecular weight excluding hydrogens is 158 g/mol. The van der Waals surface area contributed by atoms with Gasteiger partial charge in [-0.3, -0.25) is 0 Å². The van der Waals surface area contributed by atoms with E-state index in [2.05, 4.69) is 31.6 Å². The summed E-state index contributed by atoms with van der Waals surface area (Å²) in [5.74, 6) is 0. The quantitative estimate of drug-likeness (QED) is 0.639. The van der Waals surface area contributed by atoms with E-state index in [-0.39, 0.29) is 0 Å². The van der Waals surface area contributed by atoms with Gasteiger partial charge in [0.05, 0.1) is 0 Å². The molecule has 1 heteroatoms. The van der Waals surface area contributed by atoms with Gasteiger partial charge in [-0.25, -0.2) is 0 Å². The van der Waals surface area contributed by atoms with Gasteiger partial charge in [0.25, 0.3) is 0 Å². The van der Waals surface area contributed by atoms with Crippen LogP contribution in [0.1, 0.15) is 13.3 Å².